The first-order chi connectivity index (χ1) is 9.08. The van der Waals surface area contributed by atoms with Gasteiger partial charge >= 0.3 is 0 Å². The van der Waals surface area contributed by atoms with Crippen LogP contribution in [0.3, 0.4) is 0 Å². The van der Waals surface area contributed by atoms with Gasteiger partial charge in [0.2, 0.25) is 0 Å². The molecule has 3 N–H and O–H groups in total. The predicted molar refractivity (Wildman–Crippen MR) is 77.3 cm³/mol. The molecular formula is C13H12BrN3O2. The maximum atomic E-state index is 12.1. The molecule has 0 saturated carbocycles. The summed E-state index contributed by atoms with van der Waals surface area (Å²) >= 11 is 3.23. The number of carbonyl (C=O) groups excluding carboxylic acids is 1. The third kappa shape index (κ3) is 3.45. The minimum Gasteiger partial charge on any atom is -0.497 e. The van der Waals surface area contributed by atoms with E-state index in [-0.39, 0.29) is 5.91 Å². The van der Waals surface area contributed by atoms with Gasteiger partial charge in [-0.3, -0.25) is 4.79 Å². The minimum atomic E-state index is -0.269. The number of rotatable bonds is 3. The third-order valence-corrected chi connectivity index (χ3v) is 2.88. The van der Waals surface area contributed by atoms with Gasteiger partial charge in [0, 0.05) is 17.3 Å². The highest BCUT2D eigenvalue weighted by Crippen LogP contribution is 2.19. The Bertz CT molecular complexity index is 599. The number of methoxy groups -OCH3 is 1. The van der Waals surface area contributed by atoms with Crippen molar-refractivity contribution in [2.24, 2.45) is 0 Å². The maximum absolute atomic E-state index is 12.1. The lowest BCUT2D eigenvalue weighted by atomic mass is 10.1. The zero-order valence-electron chi connectivity index (χ0n) is 10.2. The monoisotopic (exact) mass is 321 g/mol. The maximum Gasteiger partial charge on any atom is 0.255 e. The van der Waals surface area contributed by atoms with E-state index in [4.69, 9.17) is 10.5 Å². The standard InChI is InChI=1S/C13H12BrN3O2/c1-19-11-5-8(4-9(15)6-11)13(18)17-10-2-3-12(14)16-7-10/h2-7H,15H2,1H3,(H,17,18). The highest BCUT2D eigenvalue weighted by Gasteiger charge is 2.09. The second-order valence-corrected chi connectivity index (χ2v) is 4.63. The number of nitrogen functional groups attached to an aromatic ring is 1. The van der Waals surface area contributed by atoms with Gasteiger partial charge in [0.1, 0.15) is 10.4 Å². The second kappa shape index (κ2) is 5.71. The van der Waals surface area contributed by atoms with E-state index in [0.717, 1.165) is 0 Å². The quantitative estimate of drug-likeness (QED) is 0.673. The number of nitrogens with zero attached hydrogens (tertiary/aromatic N) is 1. The number of hydrogen-bond acceptors (Lipinski definition) is 4. The number of benzene rings is 1. The smallest absolute Gasteiger partial charge is 0.255 e. The summed E-state index contributed by atoms with van der Waals surface area (Å²) in [5.41, 5.74) is 7.21. The summed E-state index contributed by atoms with van der Waals surface area (Å²) in [7, 11) is 1.52. The zero-order chi connectivity index (χ0) is 13.8. The second-order valence-electron chi connectivity index (χ2n) is 3.82. The average molecular weight is 322 g/mol. The van der Waals surface area contributed by atoms with Crippen molar-refractivity contribution in [2.75, 3.05) is 18.2 Å². The molecule has 0 aliphatic carbocycles. The number of hydrogen-bond donors (Lipinski definition) is 2. The van der Waals surface area contributed by atoms with Crippen LogP contribution in [0.2, 0.25) is 0 Å². The molecule has 0 spiro atoms. The predicted octanol–water partition coefficient (Wildman–Crippen LogP) is 2.69. The van der Waals surface area contributed by atoms with Crippen molar-refractivity contribution in [3.8, 4) is 5.75 Å². The number of ether oxygens (including phenoxy) is 1. The molecule has 0 fully saturated rings. The molecule has 0 aliphatic rings. The first kappa shape index (κ1) is 13.4. The van der Waals surface area contributed by atoms with Gasteiger partial charge in [-0.2, -0.15) is 0 Å². The Kier molecular flexibility index (Phi) is 4.01. The number of anilines is 2. The van der Waals surface area contributed by atoms with Crippen LogP contribution in [0, 0.1) is 0 Å². The summed E-state index contributed by atoms with van der Waals surface area (Å²) < 4.78 is 5.78. The Balaban J connectivity index is 2.20. The van der Waals surface area contributed by atoms with Crippen LogP contribution in [0.4, 0.5) is 11.4 Å². The van der Waals surface area contributed by atoms with Crippen LogP contribution in [-0.4, -0.2) is 18.0 Å². The van der Waals surface area contributed by atoms with Crippen LogP contribution in [0.25, 0.3) is 0 Å². The van der Waals surface area contributed by atoms with Crippen LogP contribution in [0.15, 0.2) is 41.1 Å². The van der Waals surface area contributed by atoms with Crippen LogP contribution in [0.1, 0.15) is 10.4 Å². The zero-order valence-corrected chi connectivity index (χ0v) is 11.8. The van der Waals surface area contributed by atoms with E-state index >= 15 is 0 Å². The van der Waals surface area contributed by atoms with Crippen molar-refractivity contribution in [3.63, 3.8) is 0 Å². The summed E-state index contributed by atoms with van der Waals surface area (Å²) in [4.78, 5) is 16.1. The molecule has 6 heteroatoms. The van der Waals surface area contributed by atoms with E-state index in [1.807, 2.05) is 0 Å². The molecule has 1 heterocycles. The van der Waals surface area contributed by atoms with Crippen LogP contribution >= 0.6 is 15.9 Å². The Labute approximate surface area is 118 Å². The Morgan fingerprint density at radius 1 is 1.37 bits per heavy atom. The molecule has 19 heavy (non-hydrogen) atoms. The van der Waals surface area contributed by atoms with E-state index < -0.39 is 0 Å². The highest BCUT2D eigenvalue weighted by atomic mass is 79.9. The number of pyridine rings is 1. The van der Waals surface area contributed by atoms with Gasteiger partial charge in [0.25, 0.3) is 5.91 Å². The molecule has 0 atom stereocenters. The van der Waals surface area contributed by atoms with Crippen molar-refractivity contribution in [2.45, 2.75) is 0 Å². The highest BCUT2D eigenvalue weighted by molar-refractivity contribution is 9.10. The van der Waals surface area contributed by atoms with Crippen LogP contribution < -0.4 is 15.8 Å². The van der Waals surface area contributed by atoms with E-state index in [1.165, 1.54) is 7.11 Å². The fourth-order valence-corrected chi connectivity index (χ4v) is 1.76. The van der Waals surface area contributed by atoms with E-state index in [0.29, 0.717) is 27.3 Å². The number of nitrogens with two attached hydrogens (primary N) is 1. The SMILES string of the molecule is COc1cc(N)cc(C(=O)Nc2ccc(Br)nc2)c1. The molecule has 0 saturated heterocycles. The molecule has 0 bridgehead atoms. The van der Waals surface area contributed by atoms with Gasteiger partial charge in [-0.15, -0.1) is 0 Å². The molecule has 0 radical (unpaired) electrons. The Hall–Kier alpha value is -2.08. The van der Waals surface area contributed by atoms with Crippen LogP contribution in [0.5, 0.6) is 5.75 Å². The fourth-order valence-electron chi connectivity index (χ4n) is 1.52. The summed E-state index contributed by atoms with van der Waals surface area (Å²) in [5, 5.41) is 2.73. The molecule has 0 unspecified atom stereocenters. The van der Waals surface area contributed by atoms with Crippen molar-refractivity contribution in [3.05, 3.63) is 46.7 Å². The summed E-state index contributed by atoms with van der Waals surface area (Å²) in [6.45, 7) is 0. The summed E-state index contributed by atoms with van der Waals surface area (Å²) in [6.07, 6.45) is 1.56. The molecule has 98 valence electrons. The van der Waals surface area contributed by atoms with Crippen molar-refractivity contribution < 1.29 is 9.53 Å². The van der Waals surface area contributed by atoms with Gasteiger partial charge in [-0.05, 0) is 40.2 Å². The van der Waals surface area contributed by atoms with Gasteiger partial charge in [-0.25, -0.2) is 4.98 Å². The molecule has 2 aromatic rings. The topological polar surface area (TPSA) is 77.2 Å². The average Bonchev–Trinajstić information content (AvgIpc) is 2.40. The third-order valence-electron chi connectivity index (χ3n) is 2.41. The fraction of sp³-hybridized carbons (Fsp3) is 0.0769. The van der Waals surface area contributed by atoms with Crippen molar-refractivity contribution in [1.82, 2.24) is 4.98 Å². The Morgan fingerprint density at radius 3 is 2.79 bits per heavy atom. The van der Waals surface area contributed by atoms with Gasteiger partial charge < -0.3 is 15.8 Å². The number of carbonyl (C=O) groups is 1. The summed E-state index contributed by atoms with van der Waals surface area (Å²) in [5.74, 6) is 0.272. The van der Waals surface area contributed by atoms with E-state index in [2.05, 4.69) is 26.2 Å². The van der Waals surface area contributed by atoms with E-state index in [1.54, 1.807) is 36.5 Å². The lowest BCUT2D eigenvalue weighted by molar-refractivity contribution is 0.102. The lowest BCUT2D eigenvalue weighted by Gasteiger charge is -2.08. The molecule has 1 aromatic heterocycles. The molecule has 5 nitrogen and oxygen atoms in total. The first-order valence-corrected chi connectivity index (χ1v) is 6.25. The van der Waals surface area contributed by atoms with Gasteiger partial charge in [0.05, 0.1) is 19.0 Å². The number of aromatic nitrogens is 1. The number of amides is 1. The van der Waals surface area contributed by atoms with E-state index in [9.17, 15) is 4.79 Å². The first-order valence-electron chi connectivity index (χ1n) is 5.46. The Morgan fingerprint density at radius 2 is 2.16 bits per heavy atom. The van der Waals surface area contributed by atoms with Gasteiger partial charge in [-0.1, -0.05) is 0 Å². The number of halogens is 1. The molecule has 1 aromatic carbocycles. The number of nitrogens with one attached hydrogen (secondary N) is 1. The van der Waals surface area contributed by atoms with Crippen molar-refractivity contribution >= 4 is 33.2 Å². The molecular weight excluding hydrogens is 310 g/mol. The molecule has 0 aliphatic heterocycles. The largest absolute Gasteiger partial charge is 0.497 e. The summed E-state index contributed by atoms with van der Waals surface area (Å²) in [6, 6.07) is 8.36. The normalized spacial score (nSPS) is 10.0. The minimum absolute atomic E-state index is 0.269. The molecule has 2 rings (SSSR count). The van der Waals surface area contributed by atoms with Crippen LogP contribution in [-0.2, 0) is 0 Å². The lowest BCUT2D eigenvalue weighted by Crippen LogP contribution is -2.12. The molecule has 1 amide bonds. The van der Waals surface area contributed by atoms with Crippen molar-refractivity contribution in [1.29, 1.82) is 0 Å². The van der Waals surface area contributed by atoms with Gasteiger partial charge in [0.15, 0.2) is 0 Å².